The van der Waals surface area contributed by atoms with E-state index in [0.29, 0.717) is 13.0 Å². The number of carbonyl (C=O) groups is 1. The van der Waals surface area contributed by atoms with Crippen LogP contribution in [0.4, 0.5) is 0 Å². The maximum Gasteiger partial charge on any atom is 0.227 e. The second kappa shape index (κ2) is 6.65. The van der Waals surface area contributed by atoms with Crippen LogP contribution in [0, 0.1) is 0 Å². The van der Waals surface area contributed by atoms with E-state index in [2.05, 4.69) is 20.8 Å². The maximum absolute atomic E-state index is 12.1. The first-order valence-corrected chi connectivity index (χ1v) is 7.65. The largest absolute Gasteiger partial charge is 0.395 e. The van der Waals surface area contributed by atoms with Gasteiger partial charge in [0.1, 0.15) is 0 Å². The Balaban J connectivity index is 1.80. The number of halogens is 1. The average molecular weight is 333 g/mol. The van der Waals surface area contributed by atoms with Crippen molar-refractivity contribution in [2.24, 2.45) is 0 Å². The molecule has 0 aliphatic carbocycles. The Morgan fingerprint density at radius 3 is 2.61 bits per heavy atom. The van der Waals surface area contributed by atoms with Gasteiger partial charge in [-0.15, -0.1) is 11.3 Å². The smallest absolute Gasteiger partial charge is 0.227 e. The molecule has 0 spiro atoms. The van der Waals surface area contributed by atoms with Crippen LogP contribution in [0.1, 0.15) is 4.88 Å². The van der Waals surface area contributed by atoms with E-state index in [1.165, 1.54) is 0 Å². The van der Waals surface area contributed by atoms with E-state index >= 15 is 0 Å². The van der Waals surface area contributed by atoms with Gasteiger partial charge in [-0.25, -0.2) is 0 Å². The first-order chi connectivity index (χ1) is 8.69. The van der Waals surface area contributed by atoms with Gasteiger partial charge < -0.3 is 10.0 Å². The van der Waals surface area contributed by atoms with E-state index in [1.807, 2.05) is 17.0 Å². The highest BCUT2D eigenvalue weighted by Crippen LogP contribution is 2.22. The highest BCUT2D eigenvalue weighted by Gasteiger charge is 2.20. The van der Waals surface area contributed by atoms with Gasteiger partial charge in [-0.2, -0.15) is 0 Å². The van der Waals surface area contributed by atoms with Crippen molar-refractivity contribution < 1.29 is 9.90 Å². The fraction of sp³-hybridized carbons (Fsp3) is 0.583. The molecule has 1 aliphatic heterocycles. The summed E-state index contributed by atoms with van der Waals surface area (Å²) >= 11 is 5.02. The van der Waals surface area contributed by atoms with Gasteiger partial charge in [0.25, 0.3) is 0 Å². The third-order valence-corrected chi connectivity index (χ3v) is 4.72. The molecule has 100 valence electrons. The first-order valence-electron chi connectivity index (χ1n) is 6.04. The lowest BCUT2D eigenvalue weighted by Crippen LogP contribution is -2.49. The summed E-state index contributed by atoms with van der Waals surface area (Å²) in [6, 6.07) is 3.97. The van der Waals surface area contributed by atoms with Crippen LogP contribution >= 0.6 is 27.3 Å². The molecule has 1 fully saturated rings. The zero-order valence-corrected chi connectivity index (χ0v) is 12.5. The predicted molar refractivity (Wildman–Crippen MR) is 75.8 cm³/mol. The second-order valence-electron chi connectivity index (χ2n) is 4.33. The SMILES string of the molecule is O=C(Cc1ccc(Br)s1)N1CCN(CCO)CC1. The number of hydrogen-bond acceptors (Lipinski definition) is 4. The normalized spacial score (nSPS) is 17.1. The van der Waals surface area contributed by atoms with Gasteiger partial charge in [0.2, 0.25) is 5.91 Å². The number of nitrogens with zero attached hydrogens (tertiary/aromatic N) is 2. The molecule has 1 aromatic heterocycles. The molecule has 4 nitrogen and oxygen atoms in total. The average Bonchev–Trinajstić information content (AvgIpc) is 2.76. The van der Waals surface area contributed by atoms with Gasteiger partial charge in [-0.1, -0.05) is 0 Å². The van der Waals surface area contributed by atoms with Crippen molar-refractivity contribution >= 4 is 33.2 Å². The number of rotatable bonds is 4. The Hall–Kier alpha value is -0.430. The van der Waals surface area contributed by atoms with Crippen LogP contribution in [0.3, 0.4) is 0 Å². The lowest BCUT2D eigenvalue weighted by Gasteiger charge is -2.34. The molecule has 2 rings (SSSR count). The molecule has 2 heterocycles. The van der Waals surface area contributed by atoms with Crippen molar-refractivity contribution in [3.8, 4) is 0 Å². The highest BCUT2D eigenvalue weighted by atomic mass is 79.9. The Labute approximate surface area is 119 Å². The highest BCUT2D eigenvalue weighted by molar-refractivity contribution is 9.11. The van der Waals surface area contributed by atoms with Crippen LogP contribution in [0.15, 0.2) is 15.9 Å². The fourth-order valence-corrected chi connectivity index (χ4v) is 3.54. The summed E-state index contributed by atoms with van der Waals surface area (Å²) in [6.45, 7) is 4.16. The molecule has 1 aliphatic rings. The number of aliphatic hydroxyl groups excluding tert-OH is 1. The van der Waals surface area contributed by atoms with E-state index in [1.54, 1.807) is 11.3 Å². The number of β-amino-alcohol motifs (C(OH)–C–C–N with tert-alkyl or cyclic N) is 1. The molecule has 6 heteroatoms. The third-order valence-electron chi connectivity index (χ3n) is 3.10. The van der Waals surface area contributed by atoms with E-state index in [9.17, 15) is 4.79 Å². The summed E-state index contributed by atoms with van der Waals surface area (Å²) in [7, 11) is 0. The molecule has 0 aromatic carbocycles. The standard InChI is InChI=1S/C12H17BrN2O2S/c13-11-2-1-10(18-11)9-12(17)15-5-3-14(4-6-15)7-8-16/h1-2,16H,3-9H2. The van der Waals surface area contributed by atoms with Crippen LogP contribution in [-0.2, 0) is 11.2 Å². The van der Waals surface area contributed by atoms with Crippen molar-refractivity contribution in [2.75, 3.05) is 39.3 Å². The third kappa shape index (κ3) is 3.78. The lowest BCUT2D eigenvalue weighted by atomic mass is 10.2. The van der Waals surface area contributed by atoms with Crippen LogP contribution in [0.25, 0.3) is 0 Å². The summed E-state index contributed by atoms with van der Waals surface area (Å²) in [4.78, 5) is 17.3. The van der Waals surface area contributed by atoms with Crippen LogP contribution in [-0.4, -0.2) is 60.1 Å². The van der Waals surface area contributed by atoms with E-state index < -0.39 is 0 Å². The minimum atomic E-state index is 0.192. The van der Waals surface area contributed by atoms with Crippen molar-refractivity contribution in [3.63, 3.8) is 0 Å². The minimum Gasteiger partial charge on any atom is -0.395 e. The summed E-state index contributed by atoms with van der Waals surface area (Å²) in [6.07, 6.45) is 0.496. The molecule has 1 saturated heterocycles. The number of carbonyl (C=O) groups excluding carboxylic acids is 1. The van der Waals surface area contributed by atoms with Crippen molar-refractivity contribution in [2.45, 2.75) is 6.42 Å². The number of hydrogen-bond donors (Lipinski definition) is 1. The van der Waals surface area contributed by atoms with Gasteiger partial charge >= 0.3 is 0 Å². The molecule has 0 bridgehead atoms. The molecule has 1 N–H and O–H groups in total. The van der Waals surface area contributed by atoms with Crippen LogP contribution in [0.2, 0.25) is 0 Å². The lowest BCUT2D eigenvalue weighted by molar-refractivity contribution is -0.132. The molecule has 0 saturated carbocycles. The van der Waals surface area contributed by atoms with Crippen LogP contribution < -0.4 is 0 Å². The minimum absolute atomic E-state index is 0.192. The summed E-state index contributed by atoms with van der Waals surface area (Å²) in [5.41, 5.74) is 0. The van der Waals surface area contributed by atoms with Gasteiger partial charge in [0, 0.05) is 37.6 Å². The molecular weight excluding hydrogens is 316 g/mol. The monoisotopic (exact) mass is 332 g/mol. The maximum atomic E-state index is 12.1. The van der Waals surface area contributed by atoms with Gasteiger partial charge in [-0.3, -0.25) is 9.69 Å². The van der Waals surface area contributed by atoms with Crippen molar-refractivity contribution in [1.29, 1.82) is 0 Å². The molecule has 1 amide bonds. The molecule has 1 aromatic rings. The van der Waals surface area contributed by atoms with Crippen LogP contribution in [0.5, 0.6) is 0 Å². The molecule has 0 radical (unpaired) electrons. The zero-order valence-electron chi connectivity index (χ0n) is 10.1. The fourth-order valence-electron chi connectivity index (χ4n) is 2.07. The molecular formula is C12H17BrN2O2S. The molecule has 0 atom stereocenters. The summed E-state index contributed by atoms with van der Waals surface area (Å²) in [5, 5.41) is 8.87. The topological polar surface area (TPSA) is 43.8 Å². The van der Waals surface area contributed by atoms with E-state index in [4.69, 9.17) is 5.11 Å². The second-order valence-corrected chi connectivity index (χ2v) is 6.88. The van der Waals surface area contributed by atoms with E-state index in [0.717, 1.165) is 34.8 Å². The van der Waals surface area contributed by atoms with Crippen molar-refractivity contribution in [3.05, 3.63) is 20.8 Å². The predicted octanol–water partition coefficient (Wildman–Crippen LogP) is 1.19. The summed E-state index contributed by atoms with van der Waals surface area (Å²) in [5.74, 6) is 0.202. The molecule has 18 heavy (non-hydrogen) atoms. The molecule has 0 unspecified atom stereocenters. The first kappa shape index (κ1) is 14.0. The number of aliphatic hydroxyl groups is 1. The Morgan fingerprint density at radius 2 is 2.06 bits per heavy atom. The Kier molecular flexibility index (Phi) is 5.17. The van der Waals surface area contributed by atoms with Gasteiger partial charge in [0.15, 0.2) is 0 Å². The Bertz CT molecular complexity index is 403. The number of amides is 1. The van der Waals surface area contributed by atoms with Gasteiger partial charge in [-0.05, 0) is 28.1 Å². The number of piperazine rings is 1. The van der Waals surface area contributed by atoms with Gasteiger partial charge in [0.05, 0.1) is 16.8 Å². The zero-order chi connectivity index (χ0) is 13.0. The summed E-state index contributed by atoms with van der Waals surface area (Å²) < 4.78 is 1.07. The number of thiophene rings is 1. The quantitative estimate of drug-likeness (QED) is 0.900. The van der Waals surface area contributed by atoms with E-state index in [-0.39, 0.29) is 12.5 Å². The Morgan fingerprint density at radius 1 is 1.33 bits per heavy atom. The van der Waals surface area contributed by atoms with Crippen molar-refractivity contribution in [1.82, 2.24) is 9.80 Å².